The van der Waals surface area contributed by atoms with Crippen molar-refractivity contribution in [3.05, 3.63) is 40.7 Å². The highest BCUT2D eigenvalue weighted by molar-refractivity contribution is 6.32. The summed E-state index contributed by atoms with van der Waals surface area (Å²) in [5, 5.41) is 11.0. The van der Waals surface area contributed by atoms with E-state index in [4.69, 9.17) is 22.4 Å². The molecule has 4 N–H and O–H groups in total. The standard InChI is InChI=1S/C13H12ClFN2O4/c14-8-2-1-3-9(15)7(8)4-5-12(19)17-10(13(20)21)6-11(16)18/h1-5,10H,6H2,(H2,16,18)(H,17,19)(H,20,21)/b5-4+/t10-/m1/s1. The molecule has 1 aromatic rings. The van der Waals surface area contributed by atoms with Crippen molar-refractivity contribution in [1.82, 2.24) is 5.32 Å². The summed E-state index contributed by atoms with van der Waals surface area (Å²) in [5.74, 6) is -3.72. The summed E-state index contributed by atoms with van der Waals surface area (Å²) in [6.07, 6.45) is 1.48. The first-order valence-corrected chi connectivity index (χ1v) is 6.12. The van der Waals surface area contributed by atoms with E-state index in [0.717, 1.165) is 18.2 Å². The van der Waals surface area contributed by atoms with Gasteiger partial charge in [-0.1, -0.05) is 17.7 Å². The molecule has 0 bridgehead atoms. The molecule has 112 valence electrons. The van der Waals surface area contributed by atoms with Gasteiger partial charge < -0.3 is 16.2 Å². The minimum absolute atomic E-state index is 0.00362. The van der Waals surface area contributed by atoms with Crippen LogP contribution in [0.2, 0.25) is 5.02 Å². The van der Waals surface area contributed by atoms with Crippen molar-refractivity contribution in [3.8, 4) is 0 Å². The van der Waals surface area contributed by atoms with Crippen LogP contribution in [0.1, 0.15) is 12.0 Å². The van der Waals surface area contributed by atoms with Gasteiger partial charge in [0.15, 0.2) is 0 Å². The lowest BCUT2D eigenvalue weighted by Gasteiger charge is -2.10. The highest BCUT2D eigenvalue weighted by Gasteiger charge is 2.21. The molecule has 6 nitrogen and oxygen atoms in total. The summed E-state index contributed by atoms with van der Waals surface area (Å²) < 4.78 is 13.4. The summed E-state index contributed by atoms with van der Waals surface area (Å²) in [6.45, 7) is 0. The Kier molecular flexibility index (Phi) is 5.86. The second-order valence-corrected chi connectivity index (χ2v) is 4.45. The average molecular weight is 315 g/mol. The molecule has 2 amide bonds. The zero-order chi connectivity index (χ0) is 16.0. The van der Waals surface area contributed by atoms with Crippen LogP contribution in [0.15, 0.2) is 24.3 Å². The van der Waals surface area contributed by atoms with Crippen LogP contribution < -0.4 is 11.1 Å². The van der Waals surface area contributed by atoms with Crippen LogP contribution in [-0.2, 0) is 14.4 Å². The molecule has 21 heavy (non-hydrogen) atoms. The van der Waals surface area contributed by atoms with E-state index in [9.17, 15) is 18.8 Å². The SMILES string of the molecule is NC(=O)C[C@@H](NC(=O)/C=C/c1c(F)cccc1Cl)C(=O)O. The van der Waals surface area contributed by atoms with Crippen LogP contribution in [0.3, 0.4) is 0 Å². The molecule has 0 unspecified atom stereocenters. The summed E-state index contributed by atoms with van der Waals surface area (Å²) in [5.41, 5.74) is 4.87. The van der Waals surface area contributed by atoms with E-state index in [1.54, 1.807) is 0 Å². The summed E-state index contributed by atoms with van der Waals surface area (Å²) in [6, 6.07) is 2.56. The van der Waals surface area contributed by atoms with Crippen molar-refractivity contribution in [2.45, 2.75) is 12.5 Å². The number of amides is 2. The molecule has 0 saturated heterocycles. The van der Waals surface area contributed by atoms with Gasteiger partial charge in [0.25, 0.3) is 0 Å². The van der Waals surface area contributed by atoms with E-state index in [2.05, 4.69) is 5.32 Å². The Morgan fingerprint density at radius 1 is 1.43 bits per heavy atom. The van der Waals surface area contributed by atoms with Gasteiger partial charge in [0.1, 0.15) is 11.9 Å². The topological polar surface area (TPSA) is 109 Å². The van der Waals surface area contributed by atoms with E-state index < -0.39 is 36.1 Å². The van der Waals surface area contributed by atoms with Crippen LogP contribution in [0.5, 0.6) is 0 Å². The van der Waals surface area contributed by atoms with Crippen molar-refractivity contribution in [3.63, 3.8) is 0 Å². The number of carboxylic acid groups (broad SMARTS) is 1. The van der Waals surface area contributed by atoms with E-state index >= 15 is 0 Å². The van der Waals surface area contributed by atoms with Gasteiger partial charge in [-0.3, -0.25) is 9.59 Å². The molecule has 1 rings (SSSR count). The Morgan fingerprint density at radius 2 is 2.10 bits per heavy atom. The lowest BCUT2D eigenvalue weighted by atomic mass is 10.1. The summed E-state index contributed by atoms with van der Waals surface area (Å²) >= 11 is 5.76. The Morgan fingerprint density at radius 3 is 2.62 bits per heavy atom. The predicted octanol–water partition coefficient (Wildman–Crippen LogP) is 0.937. The molecule has 0 heterocycles. The number of hydrogen-bond donors (Lipinski definition) is 3. The lowest BCUT2D eigenvalue weighted by molar-refractivity contribution is -0.142. The van der Waals surface area contributed by atoms with Crippen molar-refractivity contribution in [2.75, 3.05) is 0 Å². The molecular weight excluding hydrogens is 303 g/mol. The molecule has 8 heteroatoms. The first-order chi connectivity index (χ1) is 9.81. The minimum atomic E-state index is -1.45. The molecule has 0 saturated carbocycles. The van der Waals surface area contributed by atoms with Gasteiger partial charge >= 0.3 is 5.97 Å². The predicted molar refractivity (Wildman–Crippen MR) is 73.8 cm³/mol. The van der Waals surface area contributed by atoms with Gasteiger partial charge in [-0.05, 0) is 18.2 Å². The summed E-state index contributed by atoms with van der Waals surface area (Å²) in [7, 11) is 0. The van der Waals surface area contributed by atoms with Gasteiger partial charge in [-0.15, -0.1) is 0 Å². The maximum absolute atomic E-state index is 13.4. The molecule has 0 spiro atoms. The van der Waals surface area contributed by atoms with Gasteiger partial charge in [-0.2, -0.15) is 0 Å². The number of benzene rings is 1. The molecular formula is C13H12ClFN2O4. The zero-order valence-electron chi connectivity index (χ0n) is 10.7. The van der Waals surface area contributed by atoms with Crippen molar-refractivity contribution < 1.29 is 23.9 Å². The van der Waals surface area contributed by atoms with E-state index in [-0.39, 0.29) is 10.6 Å². The molecule has 0 fully saturated rings. The smallest absolute Gasteiger partial charge is 0.326 e. The third-order valence-electron chi connectivity index (χ3n) is 2.42. The molecule has 0 aliphatic heterocycles. The molecule has 0 aliphatic carbocycles. The van der Waals surface area contributed by atoms with Gasteiger partial charge in [0.2, 0.25) is 11.8 Å². The van der Waals surface area contributed by atoms with Crippen molar-refractivity contribution in [1.29, 1.82) is 0 Å². The quantitative estimate of drug-likeness (QED) is 0.679. The first-order valence-electron chi connectivity index (χ1n) is 5.75. The van der Waals surface area contributed by atoms with Crippen LogP contribution >= 0.6 is 11.6 Å². The van der Waals surface area contributed by atoms with E-state index in [1.165, 1.54) is 12.1 Å². The minimum Gasteiger partial charge on any atom is -0.480 e. The second kappa shape index (κ2) is 7.39. The maximum atomic E-state index is 13.4. The highest BCUT2D eigenvalue weighted by Crippen LogP contribution is 2.20. The fourth-order valence-electron chi connectivity index (χ4n) is 1.45. The number of carbonyl (C=O) groups excluding carboxylic acids is 2. The number of carboxylic acids is 1. The van der Waals surface area contributed by atoms with Gasteiger partial charge in [0.05, 0.1) is 11.4 Å². The van der Waals surface area contributed by atoms with Gasteiger partial charge in [-0.25, -0.2) is 9.18 Å². The van der Waals surface area contributed by atoms with Crippen LogP contribution in [0.25, 0.3) is 6.08 Å². The normalized spacial score (nSPS) is 12.1. The van der Waals surface area contributed by atoms with Crippen LogP contribution in [0, 0.1) is 5.82 Å². The number of nitrogens with one attached hydrogen (secondary N) is 1. The molecule has 1 aromatic carbocycles. The van der Waals surface area contributed by atoms with Crippen molar-refractivity contribution >= 4 is 35.5 Å². The second-order valence-electron chi connectivity index (χ2n) is 4.04. The number of primary amides is 1. The first kappa shape index (κ1) is 16.6. The largest absolute Gasteiger partial charge is 0.480 e. The van der Waals surface area contributed by atoms with Crippen molar-refractivity contribution in [2.24, 2.45) is 5.73 Å². The molecule has 1 atom stereocenters. The number of halogens is 2. The summed E-state index contributed by atoms with van der Waals surface area (Å²) in [4.78, 5) is 33.1. The molecule has 0 aliphatic rings. The van der Waals surface area contributed by atoms with E-state index in [0.29, 0.717) is 0 Å². The Labute approximate surface area is 124 Å². The highest BCUT2D eigenvalue weighted by atomic mass is 35.5. The Balaban J connectivity index is 2.78. The maximum Gasteiger partial charge on any atom is 0.326 e. The Hall–Kier alpha value is -2.41. The number of nitrogens with two attached hydrogens (primary N) is 1. The third-order valence-corrected chi connectivity index (χ3v) is 2.75. The number of hydrogen-bond acceptors (Lipinski definition) is 3. The fraction of sp³-hybridized carbons (Fsp3) is 0.154. The van der Waals surface area contributed by atoms with Crippen LogP contribution in [-0.4, -0.2) is 28.9 Å². The lowest BCUT2D eigenvalue weighted by Crippen LogP contribution is -2.42. The monoisotopic (exact) mass is 314 g/mol. The number of carbonyl (C=O) groups is 3. The van der Waals surface area contributed by atoms with Crippen LogP contribution in [0.4, 0.5) is 4.39 Å². The zero-order valence-corrected chi connectivity index (χ0v) is 11.4. The fourth-order valence-corrected chi connectivity index (χ4v) is 1.68. The van der Waals surface area contributed by atoms with E-state index in [1.807, 2.05) is 0 Å². The molecule has 0 radical (unpaired) electrons. The Bertz CT molecular complexity index is 584. The van der Waals surface area contributed by atoms with Gasteiger partial charge in [0, 0.05) is 11.6 Å². The average Bonchev–Trinajstić information content (AvgIpc) is 2.36. The molecule has 0 aromatic heterocycles. The number of rotatable bonds is 6. The number of aliphatic carboxylic acids is 1. The third kappa shape index (κ3) is 5.23.